The van der Waals surface area contributed by atoms with Crippen LogP contribution in [0.4, 0.5) is 4.79 Å². The Morgan fingerprint density at radius 2 is 1.81 bits per heavy atom. The molecule has 0 bridgehead atoms. The van der Waals surface area contributed by atoms with Gasteiger partial charge in [0.2, 0.25) is 5.91 Å². The first-order valence-electron chi connectivity index (χ1n) is 13.9. The summed E-state index contributed by atoms with van der Waals surface area (Å²) >= 11 is 0. The number of phenols is 1. The second-order valence-electron chi connectivity index (χ2n) is 10.2. The number of benzene rings is 2. The highest BCUT2D eigenvalue weighted by molar-refractivity contribution is 5.88. The molecule has 0 spiro atoms. The highest BCUT2D eigenvalue weighted by atomic mass is 16.5. The van der Waals surface area contributed by atoms with Crippen molar-refractivity contribution < 1.29 is 34.1 Å². The van der Waals surface area contributed by atoms with Crippen molar-refractivity contribution in [1.29, 1.82) is 0 Å². The number of methoxy groups -OCH3 is 1. The van der Waals surface area contributed by atoms with Gasteiger partial charge in [0.15, 0.2) is 0 Å². The van der Waals surface area contributed by atoms with Crippen molar-refractivity contribution in [2.24, 2.45) is 5.92 Å². The number of para-hydroxylation sites is 1. The van der Waals surface area contributed by atoms with E-state index in [0.717, 1.165) is 23.2 Å². The zero-order chi connectivity index (χ0) is 31.1. The first-order chi connectivity index (χ1) is 20.1. The number of nitrogens with zero attached hydrogens (tertiary/aromatic N) is 1. The molecular formula is C31H41N3O8. The van der Waals surface area contributed by atoms with E-state index in [1.807, 2.05) is 30.3 Å². The molecule has 1 aromatic heterocycles. The molecular weight excluding hydrogens is 542 g/mol. The Morgan fingerprint density at radius 1 is 1.10 bits per heavy atom. The lowest BCUT2D eigenvalue weighted by molar-refractivity contribution is -0.150. The number of aromatic amines is 1. The van der Waals surface area contributed by atoms with Crippen LogP contribution in [0, 0.1) is 5.92 Å². The molecule has 0 aliphatic carbocycles. The summed E-state index contributed by atoms with van der Waals surface area (Å²) in [7, 11) is 1.28. The largest absolute Gasteiger partial charge is 0.508 e. The number of aliphatic hydroxyl groups excluding tert-OH is 1. The number of hydrogen-bond acceptors (Lipinski definition) is 8. The Labute approximate surface area is 245 Å². The van der Waals surface area contributed by atoms with Gasteiger partial charge in [-0.3, -0.25) is 9.59 Å². The van der Waals surface area contributed by atoms with E-state index in [4.69, 9.17) is 9.84 Å². The molecule has 1 saturated heterocycles. The van der Waals surface area contributed by atoms with Crippen LogP contribution in [0.3, 0.4) is 0 Å². The lowest BCUT2D eigenvalue weighted by Crippen LogP contribution is -2.46. The number of aromatic nitrogens is 1. The van der Waals surface area contributed by atoms with E-state index in [1.54, 1.807) is 24.3 Å². The predicted molar refractivity (Wildman–Crippen MR) is 160 cm³/mol. The number of H-pyrrole nitrogens is 1. The summed E-state index contributed by atoms with van der Waals surface area (Å²) in [4.78, 5) is 50.9. The molecule has 0 radical (unpaired) electrons. The van der Waals surface area contributed by atoms with Crippen LogP contribution in [0.5, 0.6) is 5.75 Å². The number of carbonyl (C=O) groups excluding carboxylic acids is 3. The Hall–Kier alpha value is -4.38. The molecule has 228 valence electrons. The Morgan fingerprint density at radius 3 is 2.48 bits per heavy atom. The lowest BCUT2D eigenvalue weighted by Gasteiger charge is -2.22. The molecule has 0 saturated carbocycles. The van der Waals surface area contributed by atoms with E-state index >= 15 is 0 Å². The summed E-state index contributed by atoms with van der Waals surface area (Å²) in [6.07, 6.45) is 0.921. The van der Waals surface area contributed by atoms with Gasteiger partial charge in [0.1, 0.15) is 18.3 Å². The van der Waals surface area contributed by atoms with E-state index in [1.165, 1.54) is 12.0 Å². The van der Waals surface area contributed by atoms with Crippen LogP contribution < -0.4 is 10.9 Å². The van der Waals surface area contributed by atoms with E-state index in [9.17, 15) is 24.3 Å². The fraction of sp³-hybridized carbons (Fsp3) is 0.419. The van der Waals surface area contributed by atoms with E-state index in [2.05, 4.69) is 35.8 Å². The van der Waals surface area contributed by atoms with Crippen molar-refractivity contribution in [3.8, 4) is 16.9 Å². The van der Waals surface area contributed by atoms with Crippen LogP contribution >= 0.6 is 0 Å². The molecule has 4 rings (SSSR count). The van der Waals surface area contributed by atoms with Gasteiger partial charge < -0.3 is 34.9 Å². The van der Waals surface area contributed by atoms with Gasteiger partial charge in [0, 0.05) is 30.7 Å². The summed E-state index contributed by atoms with van der Waals surface area (Å²) in [5, 5.41) is 21.3. The van der Waals surface area contributed by atoms with Gasteiger partial charge in [-0.1, -0.05) is 51.1 Å². The van der Waals surface area contributed by atoms with Crippen LogP contribution in [-0.4, -0.2) is 77.5 Å². The first-order valence-corrected chi connectivity index (χ1v) is 13.9. The topological polar surface area (TPSA) is 158 Å². The molecule has 1 fully saturated rings. The Bertz CT molecular complexity index is 1370. The number of aromatic hydroxyl groups is 1. The molecule has 4 N–H and O–H groups in total. The smallest absolute Gasteiger partial charge is 0.407 e. The number of alkyl carbamates (subject to hydrolysis) is 1. The normalized spacial score (nSPS) is 13.9. The molecule has 1 unspecified atom stereocenters. The van der Waals surface area contributed by atoms with Gasteiger partial charge in [-0.05, 0) is 54.0 Å². The zero-order valence-corrected chi connectivity index (χ0v) is 24.6. The van der Waals surface area contributed by atoms with Gasteiger partial charge in [0.05, 0.1) is 13.7 Å². The Balaban J connectivity index is 0.000000261. The molecule has 1 aliphatic heterocycles. The molecule has 2 amide bonds. The minimum absolute atomic E-state index is 0.0687. The molecule has 2 heterocycles. The molecule has 42 heavy (non-hydrogen) atoms. The van der Waals surface area contributed by atoms with Crippen molar-refractivity contribution in [3.05, 3.63) is 65.0 Å². The molecule has 11 heteroatoms. The summed E-state index contributed by atoms with van der Waals surface area (Å²) in [5.41, 5.74) is 1.93. The number of hydrogen-bond donors (Lipinski definition) is 4. The Kier molecular flexibility index (Phi) is 14.0. The van der Waals surface area contributed by atoms with Gasteiger partial charge in [0.25, 0.3) is 5.56 Å². The first kappa shape index (κ1) is 33.8. The third-order valence-corrected chi connectivity index (χ3v) is 5.88. The van der Waals surface area contributed by atoms with Crippen molar-refractivity contribution in [3.63, 3.8) is 0 Å². The zero-order valence-electron chi connectivity index (χ0n) is 24.6. The maximum atomic E-state index is 12.0. The number of rotatable bonds is 7. The fourth-order valence-electron chi connectivity index (χ4n) is 4.01. The second-order valence-corrected chi connectivity index (χ2v) is 10.2. The monoisotopic (exact) mass is 583 g/mol. The average Bonchev–Trinajstić information content (AvgIpc) is 3.46. The third-order valence-electron chi connectivity index (χ3n) is 5.88. The number of esters is 1. The summed E-state index contributed by atoms with van der Waals surface area (Å²) in [6.45, 7) is 6.76. The summed E-state index contributed by atoms with van der Waals surface area (Å²) < 4.78 is 9.36. The van der Waals surface area contributed by atoms with Crippen molar-refractivity contribution in [2.45, 2.75) is 46.1 Å². The highest BCUT2D eigenvalue weighted by Crippen LogP contribution is 2.22. The van der Waals surface area contributed by atoms with Crippen molar-refractivity contribution in [1.82, 2.24) is 15.2 Å². The van der Waals surface area contributed by atoms with E-state index in [-0.39, 0.29) is 37.0 Å². The van der Waals surface area contributed by atoms with Crippen LogP contribution in [0.25, 0.3) is 22.0 Å². The third kappa shape index (κ3) is 10.9. The standard InChI is InChI=1S/C15H11NO2.C12H20N2O6.C4H10/c17-12-6-3-5-10(8-12)13-9-11-4-1-2-7-14(11)16-15(13)18;1-19-11(17)9-4-2-5-14(9)10(16)8-13-12(18)20-7-3-6-15;1-4(2)3/h1-9,17H,(H,16,18);9,15H,2-8H2,1H3,(H,13,18);4H,1-3H3. The maximum Gasteiger partial charge on any atom is 0.407 e. The maximum absolute atomic E-state index is 12.0. The van der Waals surface area contributed by atoms with E-state index in [0.29, 0.717) is 30.5 Å². The number of likely N-dealkylation sites (tertiary alicyclic amines) is 1. The second kappa shape index (κ2) is 17.4. The van der Waals surface area contributed by atoms with Gasteiger partial charge in [-0.25, -0.2) is 9.59 Å². The number of fused-ring (bicyclic) bond motifs is 1. The molecule has 1 aliphatic rings. The minimum atomic E-state index is -0.722. The SMILES string of the molecule is CC(C)C.COC(=O)C1CCCN1C(=O)CNC(=O)OCCCO.O=c1[nH]c2ccccc2cc1-c1cccc(O)c1. The molecule has 3 aromatic rings. The predicted octanol–water partition coefficient (Wildman–Crippen LogP) is 3.82. The average molecular weight is 584 g/mol. The number of amides is 2. The van der Waals surface area contributed by atoms with Crippen molar-refractivity contribution in [2.75, 3.05) is 33.4 Å². The van der Waals surface area contributed by atoms with Crippen molar-refractivity contribution >= 4 is 28.9 Å². The van der Waals surface area contributed by atoms with Gasteiger partial charge in [-0.15, -0.1) is 0 Å². The van der Waals surface area contributed by atoms with Crippen LogP contribution in [0.15, 0.2) is 59.4 Å². The van der Waals surface area contributed by atoms with Gasteiger partial charge in [-0.2, -0.15) is 0 Å². The molecule has 2 aromatic carbocycles. The quantitative estimate of drug-likeness (QED) is 0.241. The molecule has 11 nitrogen and oxygen atoms in total. The summed E-state index contributed by atoms with van der Waals surface area (Å²) in [5.74, 6) is 0.193. The number of phenolic OH excluding ortho intramolecular Hbond substituents is 1. The number of nitrogens with one attached hydrogen (secondary N) is 2. The summed E-state index contributed by atoms with van der Waals surface area (Å²) in [6, 6.07) is 15.6. The number of aliphatic hydroxyl groups is 1. The van der Waals surface area contributed by atoms with Gasteiger partial charge >= 0.3 is 12.1 Å². The van der Waals surface area contributed by atoms with Crippen LogP contribution in [0.1, 0.15) is 40.0 Å². The minimum Gasteiger partial charge on any atom is -0.508 e. The number of carbonyl (C=O) groups is 3. The van der Waals surface area contributed by atoms with Crippen LogP contribution in [0.2, 0.25) is 0 Å². The molecule has 1 atom stereocenters. The number of pyridine rings is 1. The number of ether oxygens (including phenoxy) is 2. The van der Waals surface area contributed by atoms with E-state index < -0.39 is 18.1 Å². The lowest BCUT2D eigenvalue weighted by atomic mass is 10.0. The van der Waals surface area contributed by atoms with Crippen LogP contribution in [-0.2, 0) is 19.1 Å². The highest BCUT2D eigenvalue weighted by Gasteiger charge is 2.34. The fourth-order valence-corrected chi connectivity index (χ4v) is 4.01.